The molecule has 1 aliphatic heterocycles. The fourth-order valence-corrected chi connectivity index (χ4v) is 1.44. The molecule has 1 N–H and O–H groups in total. The lowest BCUT2D eigenvalue weighted by Crippen LogP contribution is -2.08. The molecule has 0 aliphatic carbocycles. The van der Waals surface area contributed by atoms with Gasteiger partial charge in [0.1, 0.15) is 12.0 Å². The maximum atomic E-state index is 10.3. The predicted molar refractivity (Wildman–Crippen MR) is 63.4 cm³/mol. The van der Waals surface area contributed by atoms with E-state index in [0.717, 1.165) is 23.3 Å². The van der Waals surface area contributed by atoms with E-state index < -0.39 is 0 Å². The van der Waals surface area contributed by atoms with Crippen LogP contribution in [0.25, 0.3) is 0 Å². The van der Waals surface area contributed by atoms with Crippen molar-refractivity contribution < 1.29 is 9.53 Å². The number of methoxy groups -OCH3 is 1. The van der Waals surface area contributed by atoms with Crippen molar-refractivity contribution in [1.82, 2.24) is 5.32 Å². The van der Waals surface area contributed by atoms with Gasteiger partial charge in [0.25, 0.3) is 0 Å². The topological polar surface area (TPSA) is 38.3 Å². The van der Waals surface area contributed by atoms with Gasteiger partial charge in [0, 0.05) is 23.3 Å². The molecule has 15 heavy (non-hydrogen) atoms. The van der Waals surface area contributed by atoms with Crippen LogP contribution in [0.4, 0.5) is 0 Å². The smallest absolute Gasteiger partial charge is 0.143 e. The molecule has 0 spiro atoms. The Labute approximate surface area is 97.3 Å². The first-order valence-electron chi connectivity index (χ1n) is 4.41. The highest BCUT2D eigenvalue weighted by Gasteiger charge is 2.01. The van der Waals surface area contributed by atoms with E-state index in [0.29, 0.717) is 5.33 Å². The average Bonchev–Trinajstić information content (AvgIpc) is 2.29. The van der Waals surface area contributed by atoms with E-state index in [1.165, 1.54) is 6.08 Å². The fraction of sp³-hybridized carbons (Fsp3) is 0.182. The van der Waals surface area contributed by atoms with Gasteiger partial charge in [-0.2, -0.15) is 0 Å². The number of allylic oxidation sites excluding steroid dienone is 5. The molecule has 0 aromatic carbocycles. The third-order valence-corrected chi connectivity index (χ3v) is 2.46. The van der Waals surface area contributed by atoms with E-state index in [2.05, 4.69) is 21.2 Å². The molecule has 0 saturated carbocycles. The van der Waals surface area contributed by atoms with Crippen molar-refractivity contribution in [3.8, 4) is 0 Å². The van der Waals surface area contributed by atoms with Crippen molar-refractivity contribution in [2.75, 3.05) is 12.4 Å². The number of carbonyl (C=O) groups is 1. The van der Waals surface area contributed by atoms with Gasteiger partial charge < -0.3 is 10.1 Å². The average molecular weight is 270 g/mol. The SMILES string of the molecule is COC1=C/C(=C/C(=C\C=O)CBr)NC=C1. The van der Waals surface area contributed by atoms with Crippen LogP contribution in [0, 0.1) is 0 Å². The monoisotopic (exact) mass is 269 g/mol. The van der Waals surface area contributed by atoms with Crippen molar-refractivity contribution in [1.29, 1.82) is 0 Å². The van der Waals surface area contributed by atoms with E-state index in [9.17, 15) is 4.79 Å². The predicted octanol–water partition coefficient (Wildman–Crippen LogP) is 2.04. The van der Waals surface area contributed by atoms with Gasteiger partial charge in [0.05, 0.1) is 7.11 Å². The number of hydrogen-bond acceptors (Lipinski definition) is 3. The fourth-order valence-electron chi connectivity index (χ4n) is 1.09. The Hall–Kier alpha value is -1.29. The number of halogens is 1. The Morgan fingerprint density at radius 2 is 2.47 bits per heavy atom. The summed E-state index contributed by atoms with van der Waals surface area (Å²) in [6.45, 7) is 0. The largest absolute Gasteiger partial charge is 0.497 e. The number of rotatable bonds is 4. The zero-order valence-corrected chi connectivity index (χ0v) is 9.95. The van der Waals surface area contributed by atoms with E-state index in [1.54, 1.807) is 13.3 Å². The van der Waals surface area contributed by atoms with Crippen LogP contribution in [0.3, 0.4) is 0 Å². The summed E-state index contributed by atoms with van der Waals surface area (Å²) in [7, 11) is 1.62. The second-order valence-corrected chi connectivity index (χ2v) is 3.40. The Morgan fingerprint density at radius 3 is 3.07 bits per heavy atom. The highest BCUT2D eigenvalue weighted by molar-refractivity contribution is 9.09. The van der Waals surface area contributed by atoms with E-state index in [-0.39, 0.29) is 0 Å². The standard InChI is InChI=1S/C11H12BrNO2/c1-15-11-2-4-13-10(7-11)6-9(8-12)3-5-14/h2-7,13H,8H2,1H3/b9-3+,10-6-. The highest BCUT2D eigenvalue weighted by atomic mass is 79.9. The van der Waals surface area contributed by atoms with Crippen LogP contribution in [0.15, 0.2) is 47.5 Å². The van der Waals surface area contributed by atoms with E-state index in [1.807, 2.05) is 18.2 Å². The lowest BCUT2D eigenvalue weighted by atomic mass is 10.2. The van der Waals surface area contributed by atoms with Gasteiger partial charge in [-0.05, 0) is 23.8 Å². The molecule has 0 amide bonds. The van der Waals surface area contributed by atoms with Crippen molar-refractivity contribution >= 4 is 22.2 Å². The molecule has 0 aromatic heterocycles. The normalized spacial score (nSPS) is 18.4. The third kappa shape index (κ3) is 3.75. The molecule has 0 radical (unpaired) electrons. The van der Waals surface area contributed by atoms with Crippen molar-refractivity contribution in [3.05, 3.63) is 47.5 Å². The van der Waals surface area contributed by atoms with Crippen LogP contribution in [-0.2, 0) is 9.53 Å². The minimum Gasteiger partial charge on any atom is -0.497 e. The summed E-state index contributed by atoms with van der Waals surface area (Å²) >= 11 is 3.31. The Balaban J connectivity index is 2.84. The molecule has 80 valence electrons. The second kappa shape index (κ2) is 6.24. The van der Waals surface area contributed by atoms with Crippen molar-refractivity contribution in [2.24, 2.45) is 0 Å². The Bertz CT molecular complexity index is 354. The molecule has 1 heterocycles. The summed E-state index contributed by atoms with van der Waals surface area (Å²) in [4.78, 5) is 10.3. The molecule has 0 unspecified atom stereocenters. The number of carbonyl (C=O) groups excluding carboxylic acids is 1. The van der Waals surface area contributed by atoms with Crippen molar-refractivity contribution in [2.45, 2.75) is 0 Å². The van der Waals surface area contributed by atoms with Gasteiger partial charge in [-0.25, -0.2) is 0 Å². The molecule has 0 atom stereocenters. The second-order valence-electron chi connectivity index (χ2n) is 2.84. The summed E-state index contributed by atoms with van der Waals surface area (Å²) in [6.07, 6.45) is 9.65. The minimum atomic E-state index is 0.636. The zero-order chi connectivity index (χ0) is 11.1. The van der Waals surface area contributed by atoms with Crippen LogP contribution in [0.5, 0.6) is 0 Å². The molecule has 0 bridgehead atoms. The third-order valence-electron chi connectivity index (χ3n) is 1.81. The molecular formula is C11H12BrNO2. The number of nitrogens with one attached hydrogen (secondary N) is 1. The van der Waals surface area contributed by atoms with Crippen LogP contribution >= 0.6 is 15.9 Å². The summed E-state index contributed by atoms with van der Waals surface area (Å²) in [5, 5.41) is 3.69. The van der Waals surface area contributed by atoms with Gasteiger partial charge in [-0.1, -0.05) is 15.9 Å². The lowest BCUT2D eigenvalue weighted by molar-refractivity contribution is -0.104. The molecule has 0 fully saturated rings. The van der Waals surface area contributed by atoms with Crippen LogP contribution in [0.1, 0.15) is 0 Å². The van der Waals surface area contributed by atoms with Gasteiger partial charge in [0.15, 0.2) is 0 Å². The summed E-state index contributed by atoms with van der Waals surface area (Å²) in [5.74, 6) is 0.778. The number of ether oxygens (including phenoxy) is 1. The maximum absolute atomic E-state index is 10.3. The Morgan fingerprint density at radius 1 is 1.67 bits per heavy atom. The van der Waals surface area contributed by atoms with Gasteiger partial charge in [0.2, 0.25) is 0 Å². The van der Waals surface area contributed by atoms with Crippen LogP contribution in [-0.4, -0.2) is 18.7 Å². The van der Waals surface area contributed by atoms with E-state index in [4.69, 9.17) is 4.74 Å². The first-order valence-corrected chi connectivity index (χ1v) is 5.53. The maximum Gasteiger partial charge on any atom is 0.143 e. The quantitative estimate of drug-likeness (QED) is 0.482. The molecule has 1 rings (SSSR count). The number of aldehydes is 1. The van der Waals surface area contributed by atoms with Gasteiger partial charge in [-0.15, -0.1) is 0 Å². The number of dihydropyridines is 1. The molecule has 3 nitrogen and oxygen atoms in total. The molecule has 0 saturated heterocycles. The summed E-state index contributed by atoms with van der Waals surface area (Å²) in [5.41, 5.74) is 1.79. The minimum absolute atomic E-state index is 0.636. The van der Waals surface area contributed by atoms with Crippen LogP contribution < -0.4 is 5.32 Å². The Kier molecular flexibility index (Phi) is 4.90. The summed E-state index contributed by atoms with van der Waals surface area (Å²) < 4.78 is 5.09. The lowest BCUT2D eigenvalue weighted by Gasteiger charge is -2.10. The molecule has 4 heteroatoms. The molecular weight excluding hydrogens is 258 g/mol. The van der Waals surface area contributed by atoms with Crippen LogP contribution in [0.2, 0.25) is 0 Å². The van der Waals surface area contributed by atoms with E-state index >= 15 is 0 Å². The van der Waals surface area contributed by atoms with Gasteiger partial charge in [-0.3, -0.25) is 4.79 Å². The number of hydrogen-bond donors (Lipinski definition) is 1. The molecule has 0 aromatic rings. The van der Waals surface area contributed by atoms with Crippen molar-refractivity contribution in [3.63, 3.8) is 0 Å². The summed E-state index contributed by atoms with van der Waals surface area (Å²) in [6, 6.07) is 0. The van der Waals surface area contributed by atoms with Gasteiger partial charge >= 0.3 is 0 Å². The number of alkyl halides is 1. The first kappa shape index (κ1) is 11.8. The highest BCUT2D eigenvalue weighted by Crippen LogP contribution is 2.11. The zero-order valence-electron chi connectivity index (χ0n) is 8.37. The first-order chi connectivity index (χ1) is 7.30. The molecule has 1 aliphatic rings.